The zero-order valence-electron chi connectivity index (χ0n) is 17.3. The lowest BCUT2D eigenvalue weighted by Crippen LogP contribution is -2.70. The molecule has 7 nitrogen and oxygen atoms in total. The number of nitrogens with two attached hydrogens (primary N) is 1. The van der Waals surface area contributed by atoms with Crippen LogP contribution in [0.5, 0.6) is 0 Å². The number of halogens is 1. The molecule has 5 aliphatic carbocycles. The number of rotatable bonds is 6. The quantitative estimate of drug-likeness (QED) is 0.598. The molecule has 5 fully saturated rings. The predicted octanol–water partition coefficient (Wildman–Crippen LogP) is 2.48. The Labute approximate surface area is 187 Å². The van der Waals surface area contributed by atoms with Crippen LogP contribution in [0.15, 0.2) is 29.2 Å². The maximum absolute atomic E-state index is 13.5. The maximum Gasteiger partial charge on any atom is 0.243 e. The minimum Gasteiger partial charge on any atom is -0.369 e. The fraction of sp³-hybridized carbons (Fsp3) is 0.636. The Balaban J connectivity index is 1.39. The van der Waals surface area contributed by atoms with Gasteiger partial charge in [0.05, 0.1) is 10.4 Å². The van der Waals surface area contributed by atoms with Crippen LogP contribution in [-0.4, -0.2) is 31.3 Å². The van der Waals surface area contributed by atoms with Crippen molar-refractivity contribution in [3.63, 3.8) is 0 Å². The average molecular weight is 466 g/mol. The van der Waals surface area contributed by atoms with Crippen molar-refractivity contribution in [2.75, 3.05) is 0 Å². The molecule has 2 unspecified atom stereocenters. The molecule has 4 bridgehead atoms. The maximum atomic E-state index is 13.5. The SMILES string of the molecule is NC(=O)C12CC3CC(CC(NC(=O)C4(NS(=O)(=O)c5ccccc5Cl)CCC4)(C3)C1)C2. The van der Waals surface area contributed by atoms with Gasteiger partial charge in [-0.2, -0.15) is 4.72 Å². The summed E-state index contributed by atoms with van der Waals surface area (Å²) >= 11 is 6.10. The van der Waals surface area contributed by atoms with E-state index >= 15 is 0 Å². The largest absolute Gasteiger partial charge is 0.369 e. The molecule has 0 radical (unpaired) electrons. The third-order valence-electron chi connectivity index (χ3n) is 8.06. The molecule has 0 aliphatic heterocycles. The zero-order chi connectivity index (χ0) is 22.1. The number of primary amides is 1. The molecule has 2 amide bonds. The molecule has 0 spiro atoms. The minimum absolute atomic E-state index is 0.0294. The lowest BCUT2D eigenvalue weighted by molar-refractivity contribution is -0.152. The molecule has 9 heteroatoms. The van der Waals surface area contributed by atoms with E-state index in [1.807, 2.05) is 0 Å². The summed E-state index contributed by atoms with van der Waals surface area (Å²) in [5, 5.41) is 3.35. The molecule has 0 aromatic heterocycles. The second kappa shape index (κ2) is 6.93. The Hall–Kier alpha value is -1.64. The molecule has 5 saturated carbocycles. The van der Waals surface area contributed by atoms with Gasteiger partial charge in [0.2, 0.25) is 21.8 Å². The number of carbonyl (C=O) groups is 2. The molecule has 168 valence electrons. The second-order valence-corrected chi connectivity index (χ2v) is 12.4. The van der Waals surface area contributed by atoms with E-state index in [4.69, 9.17) is 17.3 Å². The highest BCUT2D eigenvalue weighted by Crippen LogP contribution is 2.61. The summed E-state index contributed by atoms with van der Waals surface area (Å²) in [5.41, 5.74) is 3.61. The van der Waals surface area contributed by atoms with Crippen LogP contribution in [0.4, 0.5) is 0 Å². The predicted molar refractivity (Wildman–Crippen MR) is 116 cm³/mol. The molecule has 0 saturated heterocycles. The summed E-state index contributed by atoms with van der Waals surface area (Å²) in [4.78, 5) is 25.8. The van der Waals surface area contributed by atoms with Gasteiger partial charge < -0.3 is 11.1 Å². The van der Waals surface area contributed by atoms with Gasteiger partial charge in [0.15, 0.2) is 0 Å². The lowest BCUT2D eigenvalue weighted by Gasteiger charge is -2.61. The lowest BCUT2D eigenvalue weighted by atomic mass is 9.46. The number of carbonyl (C=O) groups excluding carboxylic acids is 2. The van der Waals surface area contributed by atoms with E-state index in [1.54, 1.807) is 12.1 Å². The topological polar surface area (TPSA) is 118 Å². The number of amides is 2. The Bertz CT molecular complexity index is 1040. The number of benzene rings is 1. The van der Waals surface area contributed by atoms with Gasteiger partial charge in [0, 0.05) is 5.54 Å². The summed E-state index contributed by atoms with van der Waals surface area (Å²) in [7, 11) is -3.96. The smallest absolute Gasteiger partial charge is 0.243 e. The molecular formula is C22H28ClN3O4S. The van der Waals surface area contributed by atoms with Crippen molar-refractivity contribution in [1.82, 2.24) is 10.0 Å². The van der Waals surface area contributed by atoms with E-state index in [0.29, 0.717) is 31.1 Å². The van der Waals surface area contributed by atoms with Crippen LogP contribution in [0.1, 0.15) is 57.8 Å². The fourth-order valence-electron chi connectivity index (χ4n) is 6.94. The van der Waals surface area contributed by atoms with Crippen LogP contribution in [-0.2, 0) is 19.6 Å². The van der Waals surface area contributed by atoms with Crippen molar-refractivity contribution < 1.29 is 18.0 Å². The first-order valence-electron chi connectivity index (χ1n) is 11.0. The van der Waals surface area contributed by atoms with E-state index in [9.17, 15) is 18.0 Å². The normalized spacial score (nSPS) is 35.4. The first kappa shape index (κ1) is 21.2. The van der Waals surface area contributed by atoms with Gasteiger partial charge in [-0.15, -0.1) is 0 Å². The molecule has 1 aromatic carbocycles. The summed E-state index contributed by atoms with van der Waals surface area (Å²) in [5.74, 6) is 0.200. The van der Waals surface area contributed by atoms with Crippen molar-refractivity contribution in [2.24, 2.45) is 23.0 Å². The van der Waals surface area contributed by atoms with Crippen LogP contribution in [0.3, 0.4) is 0 Å². The first-order chi connectivity index (χ1) is 14.6. The van der Waals surface area contributed by atoms with Crippen LogP contribution in [0.2, 0.25) is 5.02 Å². The monoisotopic (exact) mass is 465 g/mol. The van der Waals surface area contributed by atoms with E-state index in [-0.39, 0.29) is 21.7 Å². The van der Waals surface area contributed by atoms with E-state index in [1.165, 1.54) is 12.1 Å². The zero-order valence-corrected chi connectivity index (χ0v) is 18.9. The number of sulfonamides is 1. The molecule has 6 rings (SSSR count). The van der Waals surface area contributed by atoms with Crippen molar-refractivity contribution >= 4 is 33.4 Å². The number of hydrogen-bond acceptors (Lipinski definition) is 4. The number of nitrogens with one attached hydrogen (secondary N) is 2. The Morgan fingerprint density at radius 3 is 2.26 bits per heavy atom. The summed E-state index contributed by atoms with van der Waals surface area (Å²) < 4.78 is 28.7. The van der Waals surface area contributed by atoms with Gasteiger partial charge in [-0.3, -0.25) is 9.59 Å². The Morgan fingerprint density at radius 2 is 1.71 bits per heavy atom. The van der Waals surface area contributed by atoms with Crippen molar-refractivity contribution in [3.8, 4) is 0 Å². The van der Waals surface area contributed by atoms with Gasteiger partial charge in [0.1, 0.15) is 10.4 Å². The molecule has 31 heavy (non-hydrogen) atoms. The van der Waals surface area contributed by atoms with Crippen molar-refractivity contribution in [2.45, 2.75) is 73.8 Å². The van der Waals surface area contributed by atoms with Gasteiger partial charge in [-0.25, -0.2) is 8.42 Å². The van der Waals surface area contributed by atoms with Gasteiger partial charge in [0.25, 0.3) is 0 Å². The highest BCUT2D eigenvalue weighted by Gasteiger charge is 2.61. The highest BCUT2D eigenvalue weighted by atomic mass is 35.5. The highest BCUT2D eigenvalue weighted by molar-refractivity contribution is 7.89. The first-order valence-corrected chi connectivity index (χ1v) is 12.8. The van der Waals surface area contributed by atoms with Crippen LogP contribution in [0, 0.1) is 17.3 Å². The van der Waals surface area contributed by atoms with Gasteiger partial charge in [-0.05, 0) is 81.8 Å². The Kier molecular flexibility index (Phi) is 4.74. The van der Waals surface area contributed by atoms with Crippen LogP contribution in [0.25, 0.3) is 0 Å². The summed E-state index contributed by atoms with van der Waals surface area (Å²) in [6, 6.07) is 6.22. The van der Waals surface area contributed by atoms with Crippen molar-refractivity contribution in [1.29, 1.82) is 0 Å². The minimum atomic E-state index is -3.96. The van der Waals surface area contributed by atoms with E-state index < -0.39 is 26.5 Å². The third-order valence-corrected chi connectivity index (χ3v) is 10.1. The van der Waals surface area contributed by atoms with Gasteiger partial charge >= 0.3 is 0 Å². The van der Waals surface area contributed by atoms with Gasteiger partial charge in [-0.1, -0.05) is 23.7 Å². The van der Waals surface area contributed by atoms with Crippen molar-refractivity contribution in [3.05, 3.63) is 29.3 Å². The third kappa shape index (κ3) is 3.38. The molecule has 1 aromatic rings. The Morgan fingerprint density at radius 1 is 1.06 bits per heavy atom. The molecule has 2 atom stereocenters. The summed E-state index contributed by atoms with van der Waals surface area (Å²) in [6.07, 6.45) is 6.55. The fourth-order valence-corrected chi connectivity index (χ4v) is 8.88. The van der Waals surface area contributed by atoms with Crippen LogP contribution < -0.4 is 15.8 Å². The second-order valence-electron chi connectivity index (χ2n) is 10.3. The molecule has 4 N–H and O–H groups in total. The molecular weight excluding hydrogens is 438 g/mol. The molecule has 5 aliphatic rings. The van der Waals surface area contributed by atoms with Crippen LogP contribution >= 0.6 is 11.6 Å². The number of hydrogen-bond donors (Lipinski definition) is 3. The molecule has 0 heterocycles. The average Bonchev–Trinajstić information content (AvgIpc) is 2.63. The van der Waals surface area contributed by atoms with E-state index in [0.717, 1.165) is 38.5 Å². The van der Waals surface area contributed by atoms with E-state index in [2.05, 4.69) is 10.0 Å². The standard InChI is InChI=1S/C22H28ClN3O4S/c23-16-4-1-2-5-17(16)31(29,30)26-22(6-3-7-22)19(28)25-21-11-14-8-15(12-21)10-20(9-14,13-21)18(24)27/h1-2,4-5,14-15,26H,3,6-13H2,(H2,24,27)(H,25,28). The summed E-state index contributed by atoms with van der Waals surface area (Å²) in [6.45, 7) is 0.